The monoisotopic (exact) mass is 463 g/mol. The number of carboxylic acid groups (broad SMARTS) is 2. The van der Waals surface area contributed by atoms with Crippen molar-refractivity contribution in [3.63, 3.8) is 0 Å². The molecular formula is C16H29N7O7S. The molecule has 0 radical (unpaired) electrons. The third-order valence-corrected chi connectivity index (χ3v) is 4.18. The Bertz CT molecular complexity index is 685. The van der Waals surface area contributed by atoms with Crippen molar-refractivity contribution in [3.8, 4) is 0 Å². The van der Waals surface area contributed by atoms with Gasteiger partial charge in [-0.2, -0.15) is 12.6 Å². The largest absolute Gasteiger partial charge is 0.481 e. The van der Waals surface area contributed by atoms with E-state index in [0.717, 1.165) is 0 Å². The molecule has 0 bridgehead atoms. The topological polar surface area (TPSA) is 252 Å². The standard InChI is InChI=1S/C16H29N7O7S/c17-8(3-4-11(24)25)13(28)22-9(2-1-5-20-16(18)19)15(30)23-10(7-31)14(29)21-6-12(26)27/h8-10,31H,1-7,17H2,(H,21,29)(H,22,28)(H,23,30)(H,24,25)(H,26,27)(H4,18,19,20). The van der Waals surface area contributed by atoms with Crippen LogP contribution in [0.4, 0.5) is 0 Å². The number of nitrogens with zero attached hydrogens (tertiary/aromatic N) is 1. The highest BCUT2D eigenvalue weighted by atomic mass is 32.1. The first kappa shape index (κ1) is 27.9. The van der Waals surface area contributed by atoms with Crippen LogP contribution < -0.4 is 33.2 Å². The molecule has 15 heteroatoms. The molecule has 3 amide bonds. The van der Waals surface area contributed by atoms with Crippen LogP contribution in [0.15, 0.2) is 4.99 Å². The van der Waals surface area contributed by atoms with Gasteiger partial charge in [-0.3, -0.25) is 29.0 Å². The van der Waals surface area contributed by atoms with Crippen LogP contribution >= 0.6 is 12.6 Å². The van der Waals surface area contributed by atoms with Gasteiger partial charge in [0.2, 0.25) is 17.7 Å². The predicted octanol–water partition coefficient (Wildman–Crippen LogP) is -3.67. The average molecular weight is 464 g/mol. The number of hydrogen-bond donors (Lipinski definition) is 9. The number of guanidine groups is 1. The zero-order chi connectivity index (χ0) is 24.0. The van der Waals surface area contributed by atoms with E-state index >= 15 is 0 Å². The van der Waals surface area contributed by atoms with Gasteiger partial charge < -0.3 is 43.4 Å². The lowest BCUT2D eigenvalue weighted by molar-refractivity contribution is -0.139. The van der Waals surface area contributed by atoms with E-state index in [2.05, 4.69) is 33.6 Å². The van der Waals surface area contributed by atoms with Crippen molar-refractivity contribution in [1.29, 1.82) is 0 Å². The van der Waals surface area contributed by atoms with Gasteiger partial charge in [0.15, 0.2) is 5.96 Å². The number of nitrogens with two attached hydrogens (primary N) is 3. The summed E-state index contributed by atoms with van der Waals surface area (Å²) in [6, 6.07) is -3.45. The summed E-state index contributed by atoms with van der Waals surface area (Å²) < 4.78 is 0. The Hall–Kier alpha value is -3.07. The minimum atomic E-state index is -1.27. The van der Waals surface area contributed by atoms with E-state index in [4.69, 9.17) is 27.4 Å². The van der Waals surface area contributed by atoms with Crippen LogP contribution in [0.2, 0.25) is 0 Å². The smallest absolute Gasteiger partial charge is 0.322 e. The molecule has 0 fully saturated rings. The lowest BCUT2D eigenvalue weighted by Gasteiger charge is -2.23. The second-order valence-electron chi connectivity index (χ2n) is 6.40. The number of carbonyl (C=O) groups is 5. The number of aliphatic carboxylic acids is 2. The first-order valence-electron chi connectivity index (χ1n) is 9.21. The molecule has 3 atom stereocenters. The minimum absolute atomic E-state index is 0.0794. The predicted molar refractivity (Wildman–Crippen MR) is 113 cm³/mol. The van der Waals surface area contributed by atoms with Crippen molar-refractivity contribution in [2.45, 2.75) is 43.8 Å². The number of amides is 3. The normalized spacial score (nSPS) is 13.2. The molecule has 0 saturated carbocycles. The highest BCUT2D eigenvalue weighted by Crippen LogP contribution is 2.03. The molecule has 0 aliphatic carbocycles. The van der Waals surface area contributed by atoms with Crippen LogP contribution in [0, 0.1) is 0 Å². The first-order chi connectivity index (χ1) is 14.5. The van der Waals surface area contributed by atoms with Crippen LogP contribution in [0.25, 0.3) is 0 Å². The summed E-state index contributed by atoms with van der Waals surface area (Å²) in [5.74, 6) is -4.93. The summed E-state index contributed by atoms with van der Waals surface area (Å²) in [5, 5.41) is 24.2. The molecule has 0 aromatic carbocycles. The third-order valence-electron chi connectivity index (χ3n) is 3.81. The second kappa shape index (κ2) is 14.8. The number of thiol groups is 1. The van der Waals surface area contributed by atoms with Crippen molar-refractivity contribution >= 4 is 48.2 Å². The molecule has 14 nitrogen and oxygen atoms in total. The summed E-state index contributed by atoms with van der Waals surface area (Å²) in [4.78, 5) is 61.9. The van der Waals surface area contributed by atoms with Crippen molar-refractivity contribution in [2.75, 3.05) is 18.8 Å². The van der Waals surface area contributed by atoms with Gasteiger partial charge in [-0.05, 0) is 19.3 Å². The summed E-state index contributed by atoms with van der Waals surface area (Å²) >= 11 is 3.97. The Morgan fingerprint density at radius 2 is 1.52 bits per heavy atom. The molecule has 0 spiro atoms. The van der Waals surface area contributed by atoms with Gasteiger partial charge in [0.25, 0.3) is 0 Å². The summed E-state index contributed by atoms with van der Waals surface area (Å²) in [5.41, 5.74) is 16.1. The maximum absolute atomic E-state index is 12.6. The highest BCUT2D eigenvalue weighted by Gasteiger charge is 2.27. The molecule has 0 saturated heterocycles. The van der Waals surface area contributed by atoms with E-state index < -0.39 is 54.3 Å². The zero-order valence-corrected chi connectivity index (χ0v) is 17.6. The number of carboxylic acids is 2. The maximum atomic E-state index is 12.6. The van der Waals surface area contributed by atoms with Gasteiger partial charge in [0.05, 0.1) is 6.04 Å². The van der Waals surface area contributed by atoms with Gasteiger partial charge >= 0.3 is 11.9 Å². The molecular weight excluding hydrogens is 434 g/mol. The molecule has 31 heavy (non-hydrogen) atoms. The fourth-order valence-corrected chi connectivity index (χ4v) is 2.47. The Morgan fingerprint density at radius 3 is 2.03 bits per heavy atom. The quantitative estimate of drug-likeness (QED) is 0.0497. The summed E-state index contributed by atoms with van der Waals surface area (Å²) in [6.07, 6.45) is -0.102. The maximum Gasteiger partial charge on any atom is 0.322 e. The average Bonchev–Trinajstić information content (AvgIpc) is 2.69. The van der Waals surface area contributed by atoms with Crippen LogP contribution in [-0.4, -0.2) is 82.8 Å². The lowest BCUT2D eigenvalue weighted by atomic mass is 10.1. The fraction of sp³-hybridized carbons (Fsp3) is 0.625. The number of aliphatic imine (C=N–C) groups is 1. The number of rotatable bonds is 15. The number of carbonyl (C=O) groups excluding carboxylic acids is 3. The molecule has 0 aromatic rings. The fourth-order valence-electron chi connectivity index (χ4n) is 2.21. The van der Waals surface area contributed by atoms with Gasteiger partial charge in [-0.15, -0.1) is 0 Å². The molecule has 11 N–H and O–H groups in total. The van der Waals surface area contributed by atoms with Crippen molar-refractivity contribution in [3.05, 3.63) is 0 Å². The van der Waals surface area contributed by atoms with E-state index in [-0.39, 0.29) is 43.9 Å². The molecule has 0 aliphatic heterocycles. The van der Waals surface area contributed by atoms with Gasteiger partial charge in [-0.1, -0.05) is 0 Å². The molecule has 3 unspecified atom stereocenters. The Balaban J connectivity index is 5.13. The van der Waals surface area contributed by atoms with Crippen LogP contribution in [0.3, 0.4) is 0 Å². The van der Waals surface area contributed by atoms with Crippen molar-refractivity contribution in [2.24, 2.45) is 22.2 Å². The Kier molecular flexibility index (Phi) is 13.4. The van der Waals surface area contributed by atoms with E-state index in [1.807, 2.05) is 0 Å². The highest BCUT2D eigenvalue weighted by molar-refractivity contribution is 7.80. The third kappa shape index (κ3) is 13.0. The van der Waals surface area contributed by atoms with Gasteiger partial charge in [0.1, 0.15) is 18.6 Å². The molecule has 0 heterocycles. The lowest BCUT2D eigenvalue weighted by Crippen LogP contribution is -2.56. The van der Waals surface area contributed by atoms with Crippen molar-refractivity contribution in [1.82, 2.24) is 16.0 Å². The van der Waals surface area contributed by atoms with Crippen LogP contribution in [-0.2, 0) is 24.0 Å². The summed E-state index contributed by atoms with van der Waals surface area (Å²) in [6.45, 7) is -0.474. The Morgan fingerprint density at radius 1 is 0.903 bits per heavy atom. The Labute approximate surface area is 183 Å². The molecule has 0 aromatic heterocycles. The molecule has 0 aliphatic rings. The van der Waals surface area contributed by atoms with E-state index in [1.165, 1.54) is 0 Å². The number of hydrogen-bond acceptors (Lipinski definition) is 8. The van der Waals surface area contributed by atoms with E-state index in [1.54, 1.807) is 0 Å². The number of nitrogens with one attached hydrogen (secondary N) is 3. The van der Waals surface area contributed by atoms with Crippen LogP contribution in [0.1, 0.15) is 25.7 Å². The second-order valence-corrected chi connectivity index (χ2v) is 6.77. The van der Waals surface area contributed by atoms with Gasteiger partial charge in [-0.25, -0.2) is 0 Å². The van der Waals surface area contributed by atoms with E-state index in [0.29, 0.717) is 0 Å². The van der Waals surface area contributed by atoms with Gasteiger partial charge in [0, 0.05) is 18.7 Å². The van der Waals surface area contributed by atoms with Crippen molar-refractivity contribution < 1.29 is 34.2 Å². The molecule has 0 rings (SSSR count). The van der Waals surface area contributed by atoms with Crippen LogP contribution in [0.5, 0.6) is 0 Å². The minimum Gasteiger partial charge on any atom is -0.481 e. The first-order valence-corrected chi connectivity index (χ1v) is 9.85. The SMILES string of the molecule is NC(N)=NCCCC(NC(=O)C(N)CCC(=O)O)C(=O)NC(CS)C(=O)NCC(=O)O. The van der Waals surface area contributed by atoms with E-state index in [9.17, 15) is 24.0 Å². The zero-order valence-electron chi connectivity index (χ0n) is 16.7. The molecule has 176 valence electrons. The summed E-state index contributed by atoms with van der Waals surface area (Å²) in [7, 11) is 0.